The first-order chi connectivity index (χ1) is 16.3. The van der Waals surface area contributed by atoms with Crippen LogP contribution in [0.4, 0.5) is 24.8 Å². The van der Waals surface area contributed by atoms with Crippen molar-refractivity contribution in [2.45, 2.75) is 19.1 Å². The number of carbonyl (C=O) groups excluding carboxylic acids is 1. The Bertz CT molecular complexity index is 1490. The molecule has 0 saturated carbocycles. The van der Waals surface area contributed by atoms with Crippen LogP contribution in [0.15, 0.2) is 61.4 Å². The SMILES string of the molecule is C[C@@H](Nc1ncc2c(-c3ccn4ncc(C(=O)Nc5cccnc5)c4c3)c[nH]c2n1)C(F)(F)F. The van der Waals surface area contributed by atoms with Gasteiger partial charge in [0.25, 0.3) is 5.91 Å². The summed E-state index contributed by atoms with van der Waals surface area (Å²) in [6.07, 6.45) is 5.07. The Morgan fingerprint density at radius 2 is 2.06 bits per heavy atom. The average Bonchev–Trinajstić information content (AvgIpc) is 3.42. The van der Waals surface area contributed by atoms with Gasteiger partial charge in [-0.15, -0.1) is 0 Å². The zero-order valence-electron chi connectivity index (χ0n) is 17.6. The number of H-pyrrole nitrogens is 1. The van der Waals surface area contributed by atoms with Gasteiger partial charge in [-0.25, -0.2) is 9.50 Å². The van der Waals surface area contributed by atoms with Crippen molar-refractivity contribution in [3.63, 3.8) is 0 Å². The van der Waals surface area contributed by atoms with Crippen LogP contribution in [0, 0.1) is 0 Å². The zero-order valence-corrected chi connectivity index (χ0v) is 17.6. The molecule has 5 rings (SSSR count). The lowest BCUT2D eigenvalue weighted by Gasteiger charge is -2.16. The first-order valence-corrected chi connectivity index (χ1v) is 10.2. The number of hydrogen-bond acceptors (Lipinski definition) is 6. The third-order valence-corrected chi connectivity index (χ3v) is 5.27. The molecule has 34 heavy (non-hydrogen) atoms. The van der Waals surface area contributed by atoms with Gasteiger partial charge in [0, 0.05) is 35.7 Å². The Hall–Kier alpha value is -4.48. The van der Waals surface area contributed by atoms with Gasteiger partial charge in [-0.2, -0.15) is 23.3 Å². The summed E-state index contributed by atoms with van der Waals surface area (Å²) >= 11 is 0. The second kappa shape index (κ2) is 8.14. The zero-order chi connectivity index (χ0) is 23.9. The second-order valence-corrected chi connectivity index (χ2v) is 7.57. The molecule has 0 spiro atoms. The van der Waals surface area contributed by atoms with Crippen molar-refractivity contribution >= 4 is 34.1 Å². The summed E-state index contributed by atoms with van der Waals surface area (Å²) in [6.45, 7) is 0.997. The van der Waals surface area contributed by atoms with E-state index >= 15 is 0 Å². The number of anilines is 2. The van der Waals surface area contributed by atoms with E-state index in [1.807, 2.05) is 6.07 Å². The molecular formula is C22H17F3N8O. The van der Waals surface area contributed by atoms with Crippen LogP contribution in [0.1, 0.15) is 17.3 Å². The lowest BCUT2D eigenvalue weighted by molar-refractivity contribution is -0.138. The minimum atomic E-state index is -4.42. The van der Waals surface area contributed by atoms with E-state index in [4.69, 9.17) is 0 Å². The van der Waals surface area contributed by atoms with E-state index in [-0.39, 0.29) is 11.9 Å². The number of aromatic nitrogens is 6. The molecule has 0 aliphatic rings. The normalized spacial score (nSPS) is 12.7. The van der Waals surface area contributed by atoms with E-state index in [1.165, 1.54) is 12.4 Å². The number of fused-ring (bicyclic) bond motifs is 2. The second-order valence-electron chi connectivity index (χ2n) is 7.57. The molecular weight excluding hydrogens is 449 g/mol. The Balaban J connectivity index is 1.46. The fourth-order valence-corrected chi connectivity index (χ4v) is 3.45. The fraction of sp³-hybridized carbons (Fsp3) is 0.136. The van der Waals surface area contributed by atoms with Gasteiger partial charge in [-0.05, 0) is 36.8 Å². The van der Waals surface area contributed by atoms with Crippen molar-refractivity contribution in [3.05, 3.63) is 67.0 Å². The van der Waals surface area contributed by atoms with E-state index in [0.717, 1.165) is 18.1 Å². The molecule has 0 bridgehead atoms. The number of hydrogen-bond donors (Lipinski definition) is 3. The van der Waals surface area contributed by atoms with Gasteiger partial charge in [-0.1, -0.05) is 0 Å². The van der Waals surface area contributed by atoms with Gasteiger partial charge in [-0.3, -0.25) is 9.78 Å². The number of carbonyl (C=O) groups is 1. The van der Waals surface area contributed by atoms with Crippen LogP contribution in [0.2, 0.25) is 0 Å². The van der Waals surface area contributed by atoms with Crippen molar-refractivity contribution in [1.29, 1.82) is 0 Å². The third kappa shape index (κ3) is 4.00. The standard InChI is InChI=1S/C22H17F3N8O/c1-12(22(23,24)25)30-21-28-10-16-15(9-27-19(16)32-21)13-4-6-33-18(7-13)17(11-29-33)20(34)31-14-3-2-5-26-8-14/h2-12H,1H3,(H,31,34)(H2,27,28,30,32)/t12-/m1/s1. The fourth-order valence-electron chi connectivity index (χ4n) is 3.45. The number of nitrogens with zero attached hydrogens (tertiary/aromatic N) is 5. The molecule has 12 heteroatoms. The molecule has 5 aromatic heterocycles. The number of nitrogens with one attached hydrogen (secondary N) is 3. The van der Waals surface area contributed by atoms with Gasteiger partial charge in [0.15, 0.2) is 0 Å². The number of alkyl halides is 3. The molecule has 0 unspecified atom stereocenters. The van der Waals surface area contributed by atoms with Crippen molar-refractivity contribution in [1.82, 2.24) is 29.5 Å². The molecule has 9 nitrogen and oxygen atoms in total. The maximum Gasteiger partial charge on any atom is 0.408 e. The highest BCUT2D eigenvalue weighted by molar-refractivity contribution is 6.09. The topological polar surface area (TPSA) is 113 Å². The molecule has 1 amide bonds. The molecule has 0 radical (unpaired) electrons. The molecule has 172 valence electrons. The van der Waals surface area contributed by atoms with Crippen LogP contribution in [-0.4, -0.2) is 47.7 Å². The summed E-state index contributed by atoms with van der Waals surface area (Å²) in [4.78, 5) is 27.9. The molecule has 1 atom stereocenters. The van der Waals surface area contributed by atoms with E-state index in [0.29, 0.717) is 27.8 Å². The van der Waals surface area contributed by atoms with Crippen molar-refractivity contribution in [2.75, 3.05) is 10.6 Å². The Morgan fingerprint density at radius 3 is 2.82 bits per heavy atom. The predicted octanol–water partition coefficient (Wildman–Crippen LogP) is 4.28. The van der Waals surface area contributed by atoms with Crippen LogP contribution < -0.4 is 10.6 Å². The van der Waals surface area contributed by atoms with Gasteiger partial charge in [0.2, 0.25) is 5.95 Å². The molecule has 0 aliphatic heterocycles. The highest BCUT2D eigenvalue weighted by atomic mass is 19.4. The first kappa shape index (κ1) is 21.4. The Kier molecular flexibility index (Phi) is 5.11. The van der Waals surface area contributed by atoms with Gasteiger partial charge < -0.3 is 15.6 Å². The highest BCUT2D eigenvalue weighted by Crippen LogP contribution is 2.30. The van der Waals surface area contributed by atoms with Crippen LogP contribution in [0.25, 0.3) is 27.7 Å². The molecule has 0 fully saturated rings. The quantitative estimate of drug-likeness (QED) is 0.356. The largest absolute Gasteiger partial charge is 0.408 e. The van der Waals surface area contributed by atoms with Crippen LogP contribution >= 0.6 is 0 Å². The summed E-state index contributed by atoms with van der Waals surface area (Å²) in [5.41, 5.74) is 3.36. The molecule has 3 N–H and O–H groups in total. The summed E-state index contributed by atoms with van der Waals surface area (Å²) in [6, 6.07) is 5.26. The number of pyridine rings is 2. The van der Waals surface area contributed by atoms with E-state index < -0.39 is 12.2 Å². The van der Waals surface area contributed by atoms with Gasteiger partial charge in [0.05, 0.1) is 29.2 Å². The molecule has 0 saturated heterocycles. The third-order valence-electron chi connectivity index (χ3n) is 5.27. The lowest BCUT2D eigenvalue weighted by atomic mass is 10.1. The van der Waals surface area contributed by atoms with Crippen molar-refractivity contribution < 1.29 is 18.0 Å². The van der Waals surface area contributed by atoms with Crippen LogP contribution in [0.3, 0.4) is 0 Å². The predicted molar refractivity (Wildman–Crippen MR) is 119 cm³/mol. The molecule has 0 aromatic carbocycles. The summed E-state index contributed by atoms with van der Waals surface area (Å²) in [5.74, 6) is -0.469. The first-order valence-electron chi connectivity index (χ1n) is 10.2. The average molecular weight is 466 g/mol. The summed E-state index contributed by atoms with van der Waals surface area (Å²) < 4.78 is 40.0. The van der Waals surface area contributed by atoms with Gasteiger partial charge >= 0.3 is 6.18 Å². The van der Waals surface area contributed by atoms with Crippen LogP contribution in [-0.2, 0) is 0 Å². The van der Waals surface area contributed by atoms with Crippen molar-refractivity contribution in [3.8, 4) is 11.1 Å². The Labute approximate surface area is 190 Å². The highest BCUT2D eigenvalue weighted by Gasteiger charge is 2.36. The van der Waals surface area contributed by atoms with Crippen LogP contribution in [0.5, 0.6) is 0 Å². The minimum absolute atomic E-state index is 0.133. The van der Waals surface area contributed by atoms with Gasteiger partial charge in [0.1, 0.15) is 11.7 Å². The van der Waals surface area contributed by atoms with Crippen molar-refractivity contribution in [2.24, 2.45) is 0 Å². The number of aromatic amines is 1. The van der Waals surface area contributed by atoms with E-state index in [1.54, 1.807) is 47.5 Å². The maximum atomic E-state index is 12.8. The van der Waals surface area contributed by atoms with E-state index in [2.05, 4.69) is 35.7 Å². The van der Waals surface area contributed by atoms with E-state index in [9.17, 15) is 18.0 Å². The monoisotopic (exact) mass is 466 g/mol. The number of halogens is 3. The maximum absolute atomic E-state index is 12.8. The molecule has 5 aromatic rings. The minimum Gasteiger partial charge on any atom is -0.345 e. The number of rotatable bonds is 5. The summed E-state index contributed by atoms with van der Waals surface area (Å²) in [5, 5.41) is 9.89. The molecule has 0 aliphatic carbocycles. The Morgan fingerprint density at radius 1 is 1.21 bits per heavy atom. The number of amides is 1. The summed E-state index contributed by atoms with van der Waals surface area (Å²) in [7, 11) is 0. The molecule has 5 heterocycles. The smallest absolute Gasteiger partial charge is 0.345 e. The lowest BCUT2D eigenvalue weighted by Crippen LogP contribution is -2.33.